The minimum atomic E-state index is -0.755. The second kappa shape index (κ2) is 7.06. The van der Waals surface area contributed by atoms with Crippen molar-refractivity contribution in [3.05, 3.63) is 64.3 Å². The summed E-state index contributed by atoms with van der Waals surface area (Å²) in [6.07, 6.45) is 0.718. The lowest BCUT2D eigenvalue weighted by atomic mass is 10.1. The highest BCUT2D eigenvalue weighted by Crippen LogP contribution is 2.32. The maximum absolute atomic E-state index is 12.3. The number of ether oxygens (including phenoxy) is 2. The van der Waals surface area contributed by atoms with Crippen molar-refractivity contribution in [3.63, 3.8) is 0 Å². The molecule has 3 aromatic rings. The molecule has 0 unspecified atom stereocenters. The second-order valence-corrected chi connectivity index (χ2v) is 5.46. The van der Waals surface area contributed by atoms with Gasteiger partial charge in [0.2, 0.25) is 0 Å². The monoisotopic (exact) mass is 353 g/mol. The number of hydrogen-bond acceptors (Lipinski definition) is 6. The largest absolute Gasteiger partial charge is 0.495 e. The van der Waals surface area contributed by atoms with Crippen LogP contribution in [0.4, 0.5) is 16.2 Å². The number of fused-ring (bicyclic) bond motifs is 1. The van der Waals surface area contributed by atoms with Crippen molar-refractivity contribution in [2.45, 2.75) is 6.92 Å². The number of amides is 1. The molecule has 132 valence electrons. The number of hydrogen-bond donors (Lipinski definition) is 1. The fraction of sp³-hybridized carbons (Fsp3) is 0.111. The number of rotatable bonds is 4. The summed E-state index contributed by atoms with van der Waals surface area (Å²) in [5, 5.41) is 14.0. The molecule has 2 aromatic carbocycles. The van der Waals surface area contributed by atoms with E-state index < -0.39 is 11.0 Å². The van der Waals surface area contributed by atoms with Gasteiger partial charge in [0.05, 0.1) is 23.1 Å². The van der Waals surface area contributed by atoms with Crippen molar-refractivity contribution in [2.24, 2.45) is 0 Å². The number of aromatic nitrogens is 1. The summed E-state index contributed by atoms with van der Waals surface area (Å²) >= 11 is 0. The quantitative estimate of drug-likeness (QED) is 0.560. The molecule has 8 nitrogen and oxygen atoms in total. The fourth-order valence-electron chi connectivity index (χ4n) is 2.53. The van der Waals surface area contributed by atoms with Crippen LogP contribution in [0.1, 0.15) is 5.56 Å². The molecule has 0 aliphatic rings. The summed E-state index contributed by atoms with van der Waals surface area (Å²) in [5.74, 6) is 0.606. The average Bonchev–Trinajstić information content (AvgIpc) is 2.62. The lowest BCUT2D eigenvalue weighted by Gasteiger charge is -2.12. The Morgan fingerprint density at radius 3 is 2.69 bits per heavy atom. The molecule has 8 heteroatoms. The maximum atomic E-state index is 12.3. The highest BCUT2D eigenvalue weighted by atomic mass is 16.6. The van der Waals surface area contributed by atoms with Crippen LogP contribution in [0.5, 0.6) is 11.5 Å². The zero-order chi connectivity index (χ0) is 18.7. The first kappa shape index (κ1) is 17.2. The number of aryl methyl sites for hydroxylation is 1. The Balaban J connectivity index is 1.90. The van der Waals surface area contributed by atoms with Crippen molar-refractivity contribution < 1.29 is 19.2 Å². The molecule has 0 atom stereocenters. The van der Waals surface area contributed by atoms with Crippen molar-refractivity contribution in [1.82, 2.24) is 4.98 Å². The summed E-state index contributed by atoms with van der Waals surface area (Å²) < 4.78 is 10.5. The molecule has 3 rings (SSSR count). The molecule has 1 aromatic heterocycles. The molecule has 1 N–H and O–H groups in total. The van der Waals surface area contributed by atoms with Crippen molar-refractivity contribution in [2.75, 3.05) is 12.4 Å². The topological polar surface area (TPSA) is 104 Å². The predicted molar refractivity (Wildman–Crippen MR) is 95.8 cm³/mol. The van der Waals surface area contributed by atoms with Crippen LogP contribution < -0.4 is 14.8 Å². The zero-order valence-electron chi connectivity index (χ0n) is 14.1. The first-order valence-corrected chi connectivity index (χ1v) is 7.65. The van der Waals surface area contributed by atoms with Crippen LogP contribution in [0.25, 0.3) is 10.9 Å². The minimum absolute atomic E-state index is 0.110. The summed E-state index contributed by atoms with van der Waals surface area (Å²) in [5.41, 5.74) is 1.51. The lowest BCUT2D eigenvalue weighted by Crippen LogP contribution is -2.17. The average molecular weight is 353 g/mol. The number of nitrogens with zero attached hydrogens (tertiary/aromatic N) is 2. The molecule has 0 saturated heterocycles. The molecule has 1 heterocycles. The molecule has 0 radical (unpaired) electrons. The van der Waals surface area contributed by atoms with Crippen LogP contribution in [0, 0.1) is 17.0 Å². The van der Waals surface area contributed by atoms with Gasteiger partial charge >= 0.3 is 6.09 Å². The normalized spacial score (nSPS) is 10.4. The van der Waals surface area contributed by atoms with Crippen molar-refractivity contribution >= 4 is 28.4 Å². The van der Waals surface area contributed by atoms with E-state index in [1.807, 2.05) is 13.0 Å². The van der Waals surface area contributed by atoms with E-state index in [0.29, 0.717) is 11.4 Å². The van der Waals surface area contributed by atoms with E-state index in [-0.39, 0.29) is 22.3 Å². The van der Waals surface area contributed by atoms with Gasteiger partial charge < -0.3 is 9.47 Å². The smallest absolute Gasteiger partial charge is 0.417 e. The van der Waals surface area contributed by atoms with Crippen LogP contribution in [0.2, 0.25) is 0 Å². The van der Waals surface area contributed by atoms with Gasteiger partial charge in [-0.05, 0) is 42.8 Å². The number of nitro benzene ring substituents is 1. The van der Waals surface area contributed by atoms with E-state index in [4.69, 9.17) is 9.47 Å². The third-order valence-electron chi connectivity index (χ3n) is 3.70. The molecule has 0 fully saturated rings. The molecule has 0 saturated carbocycles. The Hall–Kier alpha value is -3.68. The van der Waals surface area contributed by atoms with Crippen molar-refractivity contribution in [1.29, 1.82) is 0 Å². The SMILES string of the molecule is COc1ccc(C)cc1NC(=O)Oc1ccc([N+](=O)[O-])c2cccnc12. The first-order chi connectivity index (χ1) is 12.5. The third-order valence-corrected chi connectivity index (χ3v) is 3.70. The molecule has 0 aliphatic heterocycles. The molecular weight excluding hydrogens is 338 g/mol. The Labute approximate surface area is 148 Å². The molecular formula is C18H15N3O5. The molecule has 0 spiro atoms. The number of nitrogens with one attached hydrogen (secondary N) is 1. The number of pyridine rings is 1. The van der Waals surface area contributed by atoms with Gasteiger partial charge in [0.25, 0.3) is 5.69 Å². The van der Waals surface area contributed by atoms with Gasteiger partial charge in [0, 0.05) is 12.3 Å². The van der Waals surface area contributed by atoms with E-state index in [2.05, 4.69) is 10.3 Å². The first-order valence-electron chi connectivity index (χ1n) is 7.65. The highest BCUT2D eigenvalue weighted by Gasteiger charge is 2.18. The van der Waals surface area contributed by atoms with E-state index in [0.717, 1.165) is 5.56 Å². The van der Waals surface area contributed by atoms with Crippen LogP contribution in [-0.4, -0.2) is 23.1 Å². The summed E-state index contributed by atoms with van der Waals surface area (Å²) in [7, 11) is 1.49. The summed E-state index contributed by atoms with van der Waals surface area (Å²) in [4.78, 5) is 27.0. The lowest BCUT2D eigenvalue weighted by molar-refractivity contribution is -0.383. The number of benzene rings is 2. The minimum Gasteiger partial charge on any atom is -0.495 e. The summed E-state index contributed by atoms with van der Waals surface area (Å²) in [6, 6.07) is 11.1. The summed E-state index contributed by atoms with van der Waals surface area (Å²) in [6.45, 7) is 1.88. The van der Waals surface area contributed by atoms with Gasteiger partial charge in [0.15, 0.2) is 5.75 Å². The number of carbonyl (C=O) groups excluding carboxylic acids is 1. The molecule has 1 amide bonds. The third kappa shape index (κ3) is 3.39. The zero-order valence-corrected chi connectivity index (χ0v) is 14.1. The van der Waals surface area contributed by atoms with Crippen molar-refractivity contribution in [3.8, 4) is 11.5 Å². The van der Waals surface area contributed by atoms with E-state index in [9.17, 15) is 14.9 Å². The maximum Gasteiger partial charge on any atom is 0.417 e. The van der Waals surface area contributed by atoms with Crippen LogP contribution in [-0.2, 0) is 0 Å². The number of carbonyl (C=O) groups is 1. The van der Waals surface area contributed by atoms with Gasteiger partial charge in [-0.25, -0.2) is 4.79 Å². The van der Waals surface area contributed by atoms with E-state index >= 15 is 0 Å². The van der Waals surface area contributed by atoms with Gasteiger partial charge in [-0.2, -0.15) is 0 Å². The number of methoxy groups -OCH3 is 1. The van der Waals surface area contributed by atoms with Gasteiger partial charge in [-0.1, -0.05) is 6.07 Å². The number of nitro groups is 1. The number of non-ortho nitro benzene ring substituents is 1. The Morgan fingerprint density at radius 1 is 1.19 bits per heavy atom. The van der Waals surface area contributed by atoms with Crippen LogP contribution >= 0.6 is 0 Å². The van der Waals surface area contributed by atoms with Crippen LogP contribution in [0.15, 0.2) is 48.7 Å². The standard InChI is InChI=1S/C18H15N3O5/c1-11-5-7-15(25-2)13(10-11)20-18(22)26-16-8-6-14(21(23)24)12-4-3-9-19-17(12)16/h3-10H,1-2H3,(H,20,22). The molecule has 0 bridgehead atoms. The van der Waals surface area contributed by atoms with Crippen LogP contribution in [0.3, 0.4) is 0 Å². The molecule has 0 aliphatic carbocycles. The fourth-order valence-corrected chi connectivity index (χ4v) is 2.53. The van der Waals surface area contributed by atoms with Gasteiger partial charge in [-0.15, -0.1) is 0 Å². The van der Waals surface area contributed by atoms with Gasteiger partial charge in [-0.3, -0.25) is 20.4 Å². The number of anilines is 1. The predicted octanol–water partition coefficient (Wildman–Crippen LogP) is 4.07. The molecule has 26 heavy (non-hydrogen) atoms. The van der Waals surface area contributed by atoms with E-state index in [1.165, 1.54) is 25.4 Å². The highest BCUT2D eigenvalue weighted by molar-refractivity contribution is 5.95. The Bertz CT molecular complexity index is 1000. The van der Waals surface area contributed by atoms with E-state index in [1.54, 1.807) is 24.3 Å². The second-order valence-electron chi connectivity index (χ2n) is 5.46. The Kier molecular flexibility index (Phi) is 4.66. The Morgan fingerprint density at radius 2 is 1.96 bits per heavy atom. The van der Waals surface area contributed by atoms with Gasteiger partial charge in [0.1, 0.15) is 11.3 Å².